The molecular formula is C6H7NaO5. The quantitative estimate of drug-likeness (QED) is 0.147. The first-order chi connectivity index (χ1) is 5.11. The van der Waals surface area contributed by atoms with Crippen molar-refractivity contribution in [1.29, 1.82) is 0 Å². The fourth-order valence-electron chi connectivity index (χ4n) is 0.325. The van der Waals surface area contributed by atoms with E-state index in [2.05, 4.69) is 9.47 Å². The molecule has 0 saturated heterocycles. The molecule has 0 spiro atoms. The molecule has 0 heterocycles. The molecule has 0 aromatic heterocycles. The monoisotopic (exact) mass is 182 g/mol. The van der Waals surface area contributed by atoms with Crippen molar-refractivity contribution in [2.45, 2.75) is 0 Å². The molecule has 0 bridgehead atoms. The zero-order valence-electron chi connectivity index (χ0n) is 7.12. The maximum absolute atomic E-state index is 10.5. The summed E-state index contributed by atoms with van der Waals surface area (Å²) < 4.78 is 8.12. The first-order valence-corrected chi connectivity index (χ1v) is 2.66. The summed E-state index contributed by atoms with van der Waals surface area (Å²) in [6.45, 7) is 0. The third-order valence-corrected chi connectivity index (χ3v) is 0.837. The molecule has 0 rings (SSSR count). The number of hydrogen-bond donors (Lipinski definition) is 0. The van der Waals surface area contributed by atoms with Crippen LogP contribution in [0.15, 0.2) is 0 Å². The summed E-state index contributed by atoms with van der Waals surface area (Å²) in [7, 11) is 2.15. The summed E-state index contributed by atoms with van der Waals surface area (Å²) in [5.41, 5.74) is 0. The number of carbonyl (C=O) groups is 3. The van der Waals surface area contributed by atoms with Crippen molar-refractivity contribution in [2.24, 2.45) is 0 Å². The van der Waals surface area contributed by atoms with Crippen molar-refractivity contribution in [3.63, 3.8) is 0 Å². The van der Waals surface area contributed by atoms with E-state index < -0.39 is 17.7 Å². The van der Waals surface area contributed by atoms with E-state index in [9.17, 15) is 14.4 Å². The van der Waals surface area contributed by atoms with Crippen LogP contribution in [0.4, 0.5) is 0 Å². The maximum Gasteiger partial charge on any atom is 1.00 e. The van der Waals surface area contributed by atoms with Gasteiger partial charge in [-0.25, -0.2) is 0 Å². The van der Waals surface area contributed by atoms with Crippen LogP contribution in [-0.2, 0) is 23.9 Å². The van der Waals surface area contributed by atoms with Crippen LogP contribution in [0.3, 0.4) is 0 Å². The molecule has 0 unspecified atom stereocenters. The number of rotatable bonds is 3. The first-order valence-electron chi connectivity index (χ1n) is 2.66. The van der Waals surface area contributed by atoms with E-state index in [1.54, 1.807) is 0 Å². The van der Waals surface area contributed by atoms with Gasteiger partial charge in [0.25, 0.3) is 5.97 Å². The van der Waals surface area contributed by atoms with Crippen LogP contribution in [0.2, 0.25) is 0 Å². The molecule has 0 aliphatic rings. The molecule has 0 amide bonds. The Hall–Kier alpha value is -0.520. The van der Waals surface area contributed by atoms with Gasteiger partial charge in [0.2, 0.25) is 5.97 Å². The standard InChI is InChI=1S/C6H7O5.Na/c1-10-5(8)3-4(7)6(9)11-2;/h3H,1-2H3;/q-1;+1. The Morgan fingerprint density at radius 1 is 1.08 bits per heavy atom. The number of methoxy groups -OCH3 is 2. The molecule has 0 aliphatic heterocycles. The second-order valence-electron chi connectivity index (χ2n) is 1.52. The maximum atomic E-state index is 10.5. The van der Waals surface area contributed by atoms with Gasteiger partial charge in [-0.05, 0) is 0 Å². The molecule has 0 aliphatic carbocycles. The summed E-state index contributed by atoms with van der Waals surface area (Å²) in [4.78, 5) is 31.2. The van der Waals surface area contributed by atoms with Crippen molar-refractivity contribution in [3.05, 3.63) is 6.42 Å². The van der Waals surface area contributed by atoms with Crippen LogP contribution in [0.1, 0.15) is 0 Å². The molecule has 0 fully saturated rings. The average Bonchev–Trinajstić information content (AvgIpc) is 2.02. The Kier molecular flexibility index (Phi) is 8.36. The zero-order valence-corrected chi connectivity index (χ0v) is 9.12. The van der Waals surface area contributed by atoms with E-state index in [0.717, 1.165) is 14.2 Å². The molecular weight excluding hydrogens is 175 g/mol. The molecule has 12 heavy (non-hydrogen) atoms. The predicted octanol–water partition coefficient (Wildman–Crippen LogP) is -3.89. The first kappa shape index (κ1) is 14.0. The molecule has 0 N–H and O–H groups in total. The van der Waals surface area contributed by atoms with Crippen molar-refractivity contribution < 1.29 is 53.4 Å². The molecule has 0 atom stereocenters. The van der Waals surface area contributed by atoms with Crippen LogP contribution in [-0.4, -0.2) is 31.9 Å². The van der Waals surface area contributed by atoms with E-state index in [4.69, 9.17) is 0 Å². The van der Waals surface area contributed by atoms with Crippen LogP contribution in [0.25, 0.3) is 0 Å². The van der Waals surface area contributed by atoms with Gasteiger partial charge in [-0.1, -0.05) is 6.42 Å². The van der Waals surface area contributed by atoms with Crippen molar-refractivity contribution in [3.8, 4) is 0 Å². The van der Waals surface area contributed by atoms with Crippen molar-refractivity contribution in [2.75, 3.05) is 14.2 Å². The van der Waals surface area contributed by atoms with Crippen LogP contribution in [0.5, 0.6) is 0 Å². The second-order valence-corrected chi connectivity index (χ2v) is 1.52. The predicted molar refractivity (Wildman–Crippen MR) is 33.3 cm³/mol. The fourth-order valence-corrected chi connectivity index (χ4v) is 0.325. The number of esters is 2. The van der Waals surface area contributed by atoms with E-state index in [0.29, 0.717) is 6.42 Å². The molecule has 62 valence electrons. The normalized spacial score (nSPS) is 7.50. The minimum atomic E-state index is -1.09. The van der Waals surface area contributed by atoms with Gasteiger partial charge in [-0.15, -0.1) is 0 Å². The van der Waals surface area contributed by atoms with Gasteiger partial charge >= 0.3 is 29.6 Å². The Morgan fingerprint density at radius 3 is 1.92 bits per heavy atom. The van der Waals surface area contributed by atoms with Crippen LogP contribution < -0.4 is 29.6 Å². The molecule has 0 saturated carbocycles. The van der Waals surface area contributed by atoms with Gasteiger partial charge in [0.1, 0.15) is 5.78 Å². The van der Waals surface area contributed by atoms with Gasteiger partial charge < -0.3 is 19.1 Å². The van der Waals surface area contributed by atoms with Crippen LogP contribution in [0, 0.1) is 6.42 Å². The second kappa shape index (κ2) is 7.15. The third-order valence-electron chi connectivity index (χ3n) is 0.837. The number of ketones is 1. The topological polar surface area (TPSA) is 69.7 Å². The summed E-state index contributed by atoms with van der Waals surface area (Å²) >= 11 is 0. The Balaban J connectivity index is 0. The Morgan fingerprint density at radius 2 is 1.58 bits per heavy atom. The molecule has 0 aromatic carbocycles. The van der Waals surface area contributed by atoms with E-state index >= 15 is 0 Å². The Labute approximate surface area is 91.7 Å². The van der Waals surface area contributed by atoms with E-state index in [-0.39, 0.29) is 29.6 Å². The zero-order chi connectivity index (χ0) is 8.85. The number of hydrogen-bond acceptors (Lipinski definition) is 5. The SMILES string of the molecule is COC(=O)[CH-]C(=O)C(=O)OC.[Na+]. The van der Waals surface area contributed by atoms with Gasteiger partial charge in [-0.2, -0.15) is 0 Å². The minimum Gasteiger partial charge on any atom is -0.547 e. The molecule has 6 heteroatoms. The van der Waals surface area contributed by atoms with Crippen molar-refractivity contribution in [1.82, 2.24) is 0 Å². The third kappa shape index (κ3) is 5.17. The number of ether oxygens (including phenoxy) is 2. The van der Waals surface area contributed by atoms with Gasteiger partial charge in [-0.3, -0.25) is 4.79 Å². The molecule has 0 radical (unpaired) electrons. The largest absolute Gasteiger partial charge is 1.00 e. The summed E-state index contributed by atoms with van der Waals surface area (Å²) in [6, 6.07) is 0. The van der Waals surface area contributed by atoms with Gasteiger partial charge in [0.05, 0.1) is 14.2 Å². The summed E-state index contributed by atoms with van der Waals surface area (Å²) in [6.07, 6.45) is 0.520. The minimum absolute atomic E-state index is 0. The molecule has 5 nitrogen and oxygen atoms in total. The molecule has 0 aromatic rings. The fraction of sp³-hybridized carbons (Fsp3) is 0.333. The smallest absolute Gasteiger partial charge is 0.547 e. The summed E-state index contributed by atoms with van der Waals surface area (Å²) in [5.74, 6) is -2.99. The number of Topliss-reactive ketones (excluding diaryl/α,β-unsaturated/α-hetero) is 1. The van der Waals surface area contributed by atoms with E-state index in [1.165, 1.54) is 0 Å². The van der Waals surface area contributed by atoms with Gasteiger partial charge in [0, 0.05) is 0 Å². The Bertz CT molecular complexity index is 188. The van der Waals surface area contributed by atoms with Crippen LogP contribution >= 0.6 is 0 Å². The summed E-state index contributed by atoms with van der Waals surface area (Å²) in [5, 5.41) is 0. The van der Waals surface area contributed by atoms with Gasteiger partial charge in [0.15, 0.2) is 0 Å². The number of carbonyl (C=O) groups excluding carboxylic acids is 3. The van der Waals surface area contributed by atoms with E-state index in [1.807, 2.05) is 0 Å². The average molecular weight is 182 g/mol. The van der Waals surface area contributed by atoms with Crippen molar-refractivity contribution >= 4 is 17.7 Å².